The van der Waals surface area contributed by atoms with Crippen molar-refractivity contribution in [1.82, 2.24) is 34.1 Å². The number of ether oxygens (including phenoxy) is 5. The molecule has 0 bridgehead atoms. The van der Waals surface area contributed by atoms with Crippen molar-refractivity contribution in [3.05, 3.63) is 169 Å². The average molecular weight is 1020 g/mol. The Morgan fingerprint density at radius 1 is 0.579 bits per heavy atom. The van der Waals surface area contributed by atoms with Crippen molar-refractivity contribution < 1.29 is 28.5 Å². The molecule has 4 aromatic heterocycles. The molecular weight excluding hydrogens is 957 g/mol. The summed E-state index contributed by atoms with van der Waals surface area (Å²) >= 11 is 0. The zero-order valence-electron chi connectivity index (χ0n) is 42.9. The number of methoxy groups -OCH3 is 2. The maximum atomic E-state index is 12.2. The van der Waals surface area contributed by atoms with Crippen LogP contribution in [-0.2, 0) is 11.3 Å². The first kappa shape index (κ1) is 50.9. The van der Waals surface area contributed by atoms with Crippen LogP contribution >= 0.6 is 0 Å². The van der Waals surface area contributed by atoms with Crippen LogP contribution in [0, 0.1) is 11.8 Å². The summed E-state index contributed by atoms with van der Waals surface area (Å²) in [4.78, 5) is 31.2. The van der Waals surface area contributed by atoms with E-state index < -0.39 is 0 Å². The SMILES string of the molecule is COc1cc(-c2nc(C3CCC(CN)CC3)n3ccnc(N)c23)ccc1Oc1ccccc1.COc1cc(-c2nc(C3CCC(CNC(=O)OCc4ccccc4)CC3)n3ccnc(N)c23)ccc1Oc1ccccc1. The Morgan fingerprint density at radius 2 is 1.03 bits per heavy atom. The molecule has 2 aliphatic rings. The number of fused-ring (bicyclic) bond motifs is 2. The van der Waals surface area contributed by atoms with Gasteiger partial charge in [0.2, 0.25) is 0 Å². The van der Waals surface area contributed by atoms with Crippen molar-refractivity contribution in [2.45, 2.75) is 69.8 Å². The van der Waals surface area contributed by atoms with E-state index in [1.165, 1.54) is 0 Å². The molecule has 2 fully saturated rings. The van der Waals surface area contributed by atoms with Crippen LogP contribution in [0.15, 0.2) is 152 Å². The Labute approximate surface area is 442 Å². The predicted molar refractivity (Wildman–Crippen MR) is 295 cm³/mol. The molecule has 76 heavy (non-hydrogen) atoms. The molecule has 11 rings (SSSR count). The molecule has 4 heterocycles. The Kier molecular flexibility index (Phi) is 15.9. The van der Waals surface area contributed by atoms with Gasteiger partial charge in [-0.05, 0) is 136 Å². The molecule has 2 aliphatic carbocycles. The first-order valence-corrected chi connectivity index (χ1v) is 26.0. The highest BCUT2D eigenvalue weighted by molar-refractivity contribution is 5.87. The minimum Gasteiger partial charge on any atom is -0.493 e. The van der Waals surface area contributed by atoms with Crippen molar-refractivity contribution in [3.8, 4) is 57.0 Å². The molecular formula is C60H64N10O6. The van der Waals surface area contributed by atoms with E-state index in [1.54, 1.807) is 26.6 Å². The first-order valence-electron chi connectivity index (χ1n) is 26.0. The molecule has 1 amide bonds. The lowest BCUT2D eigenvalue weighted by Crippen LogP contribution is -2.31. The number of hydrogen-bond acceptors (Lipinski definition) is 13. The fourth-order valence-electron chi connectivity index (χ4n) is 10.5. The highest BCUT2D eigenvalue weighted by Crippen LogP contribution is 2.43. The molecule has 7 N–H and O–H groups in total. The maximum absolute atomic E-state index is 12.2. The fraction of sp³-hybridized carbons (Fsp3) is 0.283. The molecule has 0 saturated heterocycles. The highest BCUT2D eigenvalue weighted by Gasteiger charge is 2.30. The van der Waals surface area contributed by atoms with Gasteiger partial charge in [-0.1, -0.05) is 66.7 Å². The van der Waals surface area contributed by atoms with Crippen molar-refractivity contribution in [1.29, 1.82) is 0 Å². The monoisotopic (exact) mass is 1020 g/mol. The zero-order chi connectivity index (χ0) is 52.4. The summed E-state index contributed by atoms with van der Waals surface area (Å²) in [5.41, 5.74) is 24.6. The van der Waals surface area contributed by atoms with Gasteiger partial charge in [0.15, 0.2) is 23.0 Å². The zero-order valence-corrected chi connectivity index (χ0v) is 42.9. The van der Waals surface area contributed by atoms with E-state index in [9.17, 15) is 4.79 Å². The number of amides is 1. The summed E-state index contributed by atoms with van der Waals surface area (Å²) in [5, 5.41) is 2.94. The van der Waals surface area contributed by atoms with Gasteiger partial charge in [-0.2, -0.15) is 0 Å². The predicted octanol–water partition coefficient (Wildman–Crippen LogP) is 12.0. The maximum Gasteiger partial charge on any atom is 0.407 e. The summed E-state index contributed by atoms with van der Waals surface area (Å²) in [6.07, 6.45) is 15.2. The van der Waals surface area contributed by atoms with Gasteiger partial charge >= 0.3 is 6.09 Å². The number of rotatable bonds is 15. The van der Waals surface area contributed by atoms with Crippen molar-refractivity contribution >= 4 is 28.8 Å². The second-order valence-corrected chi connectivity index (χ2v) is 19.4. The molecule has 0 aliphatic heterocycles. The van der Waals surface area contributed by atoms with Gasteiger partial charge in [0.25, 0.3) is 0 Å². The second-order valence-electron chi connectivity index (χ2n) is 19.4. The van der Waals surface area contributed by atoms with Gasteiger partial charge < -0.3 is 46.2 Å². The van der Waals surface area contributed by atoms with Crippen LogP contribution in [0.2, 0.25) is 0 Å². The molecule has 0 spiro atoms. The van der Waals surface area contributed by atoms with Crippen LogP contribution in [0.25, 0.3) is 33.5 Å². The number of nitrogen functional groups attached to an aromatic ring is 2. The molecule has 0 atom stereocenters. The summed E-state index contributed by atoms with van der Waals surface area (Å²) in [6, 6.07) is 40.6. The molecule has 2 saturated carbocycles. The number of imidazole rings is 2. The van der Waals surface area contributed by atoms with Crippen LogP contribution < -0.4 is 41.5 Å². The Hall–Kier alpha value is -8.63. The standard InChI is InChI=1S/C34H35N5O4.C26H29N5O2/c1-41-29-20-26(16-17-28(29)43-27-10-6-3-7-11-27)30-31-32(35)36-18-19-39(31)33(38-30)25-14-12-23(13-15-25)21-37-34(40)42-22-24-8-4-2-5-9-24;1-32-22-15-19(11-12-21(22)33-20-5-3-2-4-6-20)23-24-25(28)29-13-14-31(24)26(30-23)18-9-7-17(16-27)8-10-18/h2-11,16-20,23,25H,12-15,21-22H2,1H3,(H2,35,36)(H,37,40);2-6,11-15,17-18H,7-10,16,27H2,1H3,(H2,28,29). The van der Waals surface area contributed by atoms with Crippen molar-refractivity contribution in [3.63, 3.8) is 0 Å². The largest absolute Gasteiger partial charge is 0.493 e. The first-order chi connectivity index (χ1) is 37.3. The number of nitrogens with two attached hydrogens (primary N) is 3. The molecule has 5 aromatic carbocycles. The molecule has 16 heteroatoms. The van der Waals surface area contributed by atoms with Crippen LogP contribution in [0.5, 0.6) is 34.5 Å². The molecule has 390 valence electrons. The highest BCUT2D eigenvalue weighted by atomic mass is 16.5. The Morgan fingerprint density at radius 3 is 1.47 bits per heavy atom. The summed E-state index contributed by atoms with van der Waals surface area (Å²) in [6.45, 7) is 1.62. The smallest absolute Gasteiger partial charge is 0.407 e. The van der Waals surface area contributed by atoms with Crippen molar-refractivity contribution in [2.24, 2.45) is 17.6 Å². The number of nitrogens with one attached hydrogen (secondary N) is 1. The number of hydrogen-bond donors (Lipinski definition) is 4. The molecule has 0 radical (unpaired) electrons. The van der Waals surface area contributed by atoms with Gasteiger partial charge in [-0.15, -0.1) is 0 Å². The van der Waals surface area contributed by atoms with Gasteiger partial charge in [-0.3, -0.25) is 8.80 Å². The summed E-state index contributed by atoms with van der Waals surface area (Å²) < 4.78 is 33.0. The lowest BCUT2D eigenvalue weighted by Gasteiger charge is -2.27. The van der Waals surface area contributed by atoms with Gasteiger partial charge in [0.05, 0.1) is 14.2 Å². The average Bonchev–Trinajstić information content (AvgIpc) is 4.11. The van der Waals surface area contributed by atoms with Crippen LogP contribution in [0.3, 0.4) is 0 Å². The van der Waals surface area contributed by atoms with Crippen LogP contribution in [-0.4, -0.2) is 62.1 Å². The number of nitrogens with zero attached hydrogens (tertiary/aromatic N) is 6. The molecule has 9 aromatic rings. The third-order valence-electron chi connectivity index (χ3n) is 14.5. The number of carbonyl (C=O) groups excluding carboxylic acids is 1. The van der Waals surface area contributed by atoms with Crippen LogP contribution in [0.1, 0.15) is 80.4 Å². The van der Waals surface area contributed by atoms with E-state index >= 15 is 0 Å². The van der Waals surface area contributed by atoms with Gasteiger partial charge in [0, 0.05) is 54.3 Å². The lowest BCUT2D eigenvalue weighted by atomic mass is 9.81. The Bertz CT molecular complexity index is 3370. The number of benzene rings is 5. The lowest BCUT2D eigenvalue weighted by molar-refractivity contribution is 0.136. The normalized spacial score (nSPS) is 17.3. The van der Waals surface area contributed by atoms with Gasteiger partial charge in [0.1, 0.15) is 63.8 Å². The number of para-hydroxylation sites is 2. The quantitative estimate of drug-likeness (QED) is 0.0753. The number of anilines is 2. The molecule has 16 nitrogen and oxygen atoms in total. The second kappa shape index (κ2) is 23.7. The van der Waals surface area contributed by atoms with E-state index in [0.717, 1.165) is 120 Å². The topological polar surface area (TPSA) is 214 Å². The number of aromatic nitrogens is 6. The van der Waals surface area contributed by atoms with E-state index in [2.05, 4.69) is 24.1 Å². The third-order valence-corrected chi connectivity index (χ3v) is 14.5. The number of alkyl carbamates (subject to hydrolysis) is 1. The summed E-state index contributed by atoms with van der Waals surface area (Å²) in [7, 11) is 3.26. The summed E-state index contributed by atoms with van der Waals surface area (Å²) in [5.74, 6) is 8.48. The third kappa shape index (κ3) is 11.5. The molecule has 0 unspecified atom stereocenters. The van der Waals surface area contributed by atoms with E-state index in [-0.39, 0.29) is 18.6 Å². The minimum atomic E-state index is -0.381. The minimum absolute atomic E-state index is 0.256. The van der Waals surface area contributed by atoms with Crippen LogP contribution in [0.4, 0.5) is 16.4 Å². The van der Waals surface area contributed by atoms with E-state index in [4.69, 9.17) is 50.9 Å². The number of carbonyl (C=O) groups is 1. The van der Waals surface area contributed by atoms with Gasteiger partial charge in [-0.25, -0.2) is 24.7 Å². The Balaban J connectivity index is 0.000000179. The fourth-order valence-corrected chi connectivity index (χ4v) is 10.5. The van der Waals surface area contributed by atoms with E-state index in [1.807, 2.05) is 140 Å². The van der Waals surface area contributed by atoms with E-state index in [0.29, 0.717) is 58.9 Å². The van der Waals surface area contributed by atoms with Crippen molar-refractivity contribution in [2.75, 3.05) is 38.8 Å².